The first-order valence-corrected chi connectivity index (χ1v) is 8.69. The molecule has 6 heteroatoms. The van der Waals surface area contributed by atoms with Crippen LogP contribution in [0, 0.1) is 0 Å². The first-order chi connectivity index (χ1) is 8.73. The molecule has 1 heterocycles. The molecule has 1 aliphatic heterocycles. The number of hydrogen-bond donors (Lipinski definition) is 1. The highest BCUT2D eigenvalue weighted by Gasteiger charge is 2.33. The van der Waals surface area contributed by atoms with E-state index in [1.165, 1.54) is 0 Å². The standard InChI is InChI=1S/C13H28N2O3S/c1-12(2)14-7-5-6-10-19(16,17)15-8-9-18-13(3,4)11-15/h12,14H,5-11H2,1-4H3. The van der Waals surface area contributed by atoms with Gasteiger partial charge in [-0.05, 0) is 33.2 Å². The van der Waals surface area contributed by atoms with Crippen LogP contribution >= 0.6 is 0 Å². The topological polar surface area (TPSA) is 58.6 Å². The van der Waals surface area contributed by atoms with E-state index in [2.05, 4.69) is 19.2 Å². The van der Waals surface area contributed by atoms with Crippen LogP contribution in [0.25, 0.3) is 0 Å². The Morgan fingerprint density at radius 3 is 2.58 bits per heavy atom. The van der Waals surface area contributed by atoms with Crippen molar-refractivity contribution < 1.29 is 13.2 Å². The van der Waals surface area contributed by atoms with E-state index in [1.807, 2.05) is 13.8 Å². The Hall–Kier alpha value is -0.170. The average Bonchev–Trinajstić information content (AvgIpc) is 2.26. The maximum atomic E-state index is 12.2. The lowest BCUT2D eigenvalue weighted by atomic mass is 10.1. The van der Waals surface area contributed by atoms with Crippen molar-refractivity contribution >= 4 is 10.0 Å². The number of morpholine rings is 1. The number of ether oxygens (including phenoxy) is 1. The molecule has 114 valence electrons. The molecule has 0 spiro atoms. The molecule has 1 aliphatic rings. The summed E-state index contributed by atoms with van der Waals surface area (Å²) in [4.78, 5) is 0. The molecule has 1 rings (SSSR count). The lowest BCUT2D eigenvalue weighted by Crippen LogP contribution is -2.51. The zero-order valence-electron chi connectivity index (χ0n) is 12.6. The summed E-state index contributed by atoms with van der Waals surface area (Å²) in [5.74, 6) is 0.239. The summed E-state index contributed by atoms with van der Waals surface area (Å²) < 4.78 is 31.6. The Morgan fingerprint density at radius 2 is 2.00 bits per heavy atom. The fourth-order valence-electron chi connectivity index (χ4n) is 2.14. The van der Waals surface area contributed by atoms with E-state index in [1.54, 1.807) is 4.31 Å². The van der Waals surface area contributed by atoms with Gasteiger partial charge >= 0.3 is 0 Å². The van der Waals surface area contributed by atoms with Gasteiger partial charge in [-0.25, -0.2) is 8.42 Å². The summed E-state index contributed by atoms with van der Waals surface area (Å²) in [6.07, 6.45) is 1.60. The average molecular weight is 292 g/mol. The third-order valence-corrected chi connectivity index (χ3v) is 5.07. The van der Waals surface area contributed by atoms with Gasteiger partial charge in [0.25, 0.3) is 0 Å². The van der Waals surface area contributed by atoms with E-state index < -0.39 is 10.0 Å². The van der Waals surface area contributed by atoms with E-state index in [0.29, 0.717) is 32.2 Å². The molecule has 0 aromatic carbocycles. The summed E-state index contributed by atoms with van der Waals surface area (Å²) in [5.41, 5.74) is -0.371. The van der Waals surface area contributed by atoms with Crippen LogP contribution < -0.4 is 5.32 Å². The van der Waals surface area contributed by atoms with E-state index in [-0.39, 0.29) is 11.4 Å². The maximum Gasteiger partial charge on any atom is 0.214 e. The van der Waals surface area contributed by atoms with Crippen molar-refractivity contribution in [3.05, 3.63) is 0 Å². The summed E-state index contributed by atoms with van der Waals surface area (Å²) in [5, 5.41) is 3.30. The fraction of sp³-hybridized carbons (Fsp3) is 1.00. The Morgan fingerprint density at radius 1 is 1.32 bits per heavy atom. The molecule has 0 saturated carbocycles. The Kier molecular flexibility index (Phi) is 6.23. The number of hydrogen-bond acceptors (Lipinski definition) is 4. The van der Waals surface area contributed by atoms with E-state index >= 15 is 0 Å². The molecule has 0 aliphatic carbocycles. The van der Waals surface area contributed by atoms with Gasteiger partial charge in [0.15, 0.2) is 0 Å². The minimum absolute atomic E-state index is 0.239. The molecule has 1 fully saturated rings. The van der Waals surface area contributed by atoms with Gasteiger partial charge in [0.1, 0.15) is 0 Å². The zero-order chi connectivity index (χ0) is 14.5. The van der Waals surface area contributed by atoms with Crippen LogP contribution in [0.3, 0.4) is 0 Å². The van der Waals surface area contributed by atoms with Crippen LogP contribution in [0.5, 0.6) is 0 Å². The van der Waals surface area contributed by atoms with Gasteiger partial charge in [-0.15, -0.1) is 0 Å². The predicted octanol–water partition coefficient (Wildman–Crippen LogP) is 1.21. The Labute approximate surface area is 117 Å². The lowest BCUT2D eigenvalue weighted by molar-refractivity contribution is -0.0640. The minimum Gasteiger partial charge on any atom is -0.373 e. The third-order valence-electron chi connectivity index (χ3n) is 3.17. The van der Waals surface area contributed by atoms with Crippen molar-refractivity contribution in [2.24, 2.45) is 0 Å². The van der Waals surface area contributed by atoms with Gasteiger partial charge < -0.3 is 10.1 Å². The molecule has 0 unspecified atom stereocenters. The highest BCUT2D eigenvalue weighted by atomic mass is 32.2. The number of rotatable bonds is 7. The van der Waals surface area contributed by atoms with Gasteiger partial charge in [0, 0.05) is 19.1 Å². The minimum atomic E-state index is -3.13. The van der Waals surface area contributed by atoms with Crippen molar-refractivity contribution in [1.29, 1.82) is 0 Å². The molecule has 0 amide bonds. The predicted molar refractivity (Wildman–Crippen MR) is 77.8 cm³/mol. The quantitative estimate of drug-likeness (QED) is 0.717. The summed E-state index contributed by atoms with van der Waals surface area (Å²) in [7, 11) is -3.13. The molecular formula is C13H28N2O3S. The molecule has 0 bridgehead atoms. The van der Waals surface area contributed by atoms with Crippen LogP contribution in [0.2, 0.25) is 0 Å². The van der Waals surface area contributed by atoms with Crippen molar-refractivity contribution in [2.75, 3.05) is 32.0 Å². The van der Waals surface area contributed by atoms with Gasteiger partial charge in [-0.1, -0.05) is 13.8 Å². The van der Waals surface area contributed by atoms with Crippen LogP contribution in [0.1, 0.15) is 40.5 Å². The van der Waals surface area contributed by atoms with Crippen LogP contribution in [-0.4, -0.2) is 56.4 Å². The molecule has 5 nitrogen and oxygen atoms in total. The molecule has 19 heavy (non-hydrogen) atoms. The number of nitrogens with zero attached hydrogens (tertiary/aromatic N) is 1. The second kappa shape index (κ2) is 7.02. The number of nitrogens with one attached hydrogen (secondary N) is 1. The zero-order valence-corrected chi connectivity index (χ0v) is 13.4. The van der Waals surface area contributed by atoms with Crippen molar-refractivity contribution in [3.8, 4) is 0 Å². The van der Waals surface area contributed by atoms with Crippen molar-refractivity contribution in [1.82, 2.24) is 9.62 Å². The molecular weight excluding hydrogens is 264 g/mol. The SMILES string of the molecule is CC(C)NCCCCS(=O)(=O)N1CCOC(C)(C)C1. The van der Waals surface area contributed by atoms with Crippen molar-refractivity contribution in [3.63, 3.8) is 0 Å². The third kappa shape index (κ3) is 6.21. The first-order valence-electron chi connectivity index (χ1n) is 7.08. The summed E-state index contributed by atoms with van der Waals surface area (Å²) >= 11 is 0. The van der Waals surface area contributed by atoms with Crippen LogP contribution in [0.4, 0.5) is 0 Å². The highest BCUT2D eigenvalue weighted by Crippen LogP contribution is 2.19. The number of unbranched alkanes of at least 4 members (excludes halogenated alkanes) is 1. The van der Waals surface area contributed by atoms with Crippen LogP contribution in [0.15, 0.2) is 0 Å². The second-order valence-corrected chi connectivity index (χ2v) is 8.16. The van der Waals surface area contributed by atoms with E-state index in [4.69, 9.17) is 4.74 Å². The summed E-state index contributed by atoms with van der Waals surface area (Å²) in [6, 6.07) is 0.455. The van der Waals surface area contributed by atoms with Crippen molar-refractivity contribution in [2.45, 2.75) is 52.2 Å². The molecule has 1 saturated heterocycles. The lowest BCUT2D eigenvalue weighted by Gasteiger charge is -2.37. The van der Waals surface area contributed by atoms with E-state index in [9.17, 15) is 8.42 Å². The Balaban J connectivity index is 2.35. The van der Waals surface area contributed by atoms with E-state index in [0.717, 1.165) is 13.0 Å². The molecule has 0 atom stereocenters. The van der Waals surface area contributed by atoms with Gasteiger partial charge in [0.2, 0.25) is 10.0 Å². The largest absolute Gasteiger partial charge is 0.373 e. The smallest absolute Gasteiger partial charge is 0.214 e. The summed E-state index contributed by atoms with van der Waals surface area (Å²) in [6.45, 7) is 10.3. The fourth-order valence-corrected chi connectivity index (χ4v) is 3.83. The molecule has 0 radical (unpaired) electrons. The van der Waals surface area contributed by atoms with Gasteiger partial charge in [-0.2, -0.15) is 4.31 Å². The highest BCUT2D eigenvalue weighted by molar-refractivity contribution is 7.89. The second-order valence-electron chi connectivity index (χ2n) is 6.07. The van der Waals surface area contributed by atoms with Gasteiger partial charge in [-0.3, -0.25) is 0 Å². The van der Waals surface area contributed by atoms with Crippen LogP contribution in [-0.2, 0) is 14.8 Å². The normalized spacial score (nSPS) is 20.9. The molecule has 0 aromatic rings. The molecule has 1 N–H and O–H groups in total. The first kappa shape index (κ1) is 16.9. The Bertz CT molecular complexity index is 366. The number of sulfonamides is 1. The maximum absolute atomic E-state index is 12.2. The van der Waals surface area contributed by atoms with Gasteiger partial charge in [0.05, 0.1) is 18.0 Å². The monoisotopic (exact) mass is 292 g/mol. The molecule has 0 aromatic heterocycles.